The van der Waals surface area contributed by atoms with Crippen LogP contribution in [0.15, 0.2) is 30.3 Å². The van der Waals surface area contributed by atoms with E-state index in [1.54, 1.807) is 13.0 Å². The highest BCUT2D eigenvalue weighted by Gasteiger charge is 2.27. The Bertz CT molecular complexity index is 817. The summed E-state index contributed by atoms with van der Waals surface area (Å²) < 4.78 is 38.8. The molecule has 0 radical (unpaired) electrons. The van der Waals surface area contributed by atoms with Gasteiger partial charge in [0.1, 0.15) is 5.82 Å². The van der Waals surface area contributed by atoms with Crippen LogP contribution < -0.4 is 9.64 Å². The number of hydrogen-bond donors (Lipinski definition) is 0. The van der Waals surface area contributed by atoms with E-state index < -0.39 is 17.4 Å². The van der Waals surface area contributed by atoms with Crippen molar-refractivity contribution in [2.24, 2.45) is 0 Å². The minimum absolute atomic E-state index is 0.0198. The predicted octanol–water partition coefficient (Wildman–Crippen LogP) is 4.35. The smallest absolute Gasteiger partial charge is 0.305 e. The molecule has 2 aromatic rings. The van der Waals surface area contributed by atoms with Crippen LogP contribution in [0.5, 0.6) is 5.75 Å². The predicted molar refractivity (Wildman–Crippen MR) is 102 cm³/mol. The van der Waals surface area contributed by atoms with E-state index in [-0.39, 0.29) is 19.0 Å². The van der Waals surface area contributed by atoms with E-state index in [4.69, 9.17) is 9.47 Å². The lowest BCUT2D eigenvalue weighted by molar-refractivity contribution is -0.143. The lowest BCUT2D eigenvalue weighted by atomic mass is 10.1. The molecule has 0 unspecified atom stereocenters. The Hall–Kier alpha value is -2.70. The maximum absolute atomic E-state index is 14.4. The largest absolute Gasteiger partial charge is 0.488 e. The molecule has 0 bridgehead atoms. The van der Waals surface area contributed by atoms with Gasteiger partial charge in [0.05, 0.1) is 18.9 Å². The third kappa shape index (κ3) is 4.97. The van der Waals surface area contributed by atoms with Crippen LogP contribution in [0.2, 0.25) is 0 Å². The molecule has 1 aromatic heterocycles. The maximum atomic E-state index is 14.4. The van der Waals surface area contributed by atoms with Gasteiger partial charge in [-0.25, -0.2) is 13.8 Å². The Kier molecular flexibility index (Phi) is 6.44. The van der Waals surface area contributed by atoms with Gasteiger partial charge in [-0.2, -0.15) is 0 Å². The molecule has 3 rings (SSSR count). The van der Waals surface area contributed by atoms with E-state index in [1.165, 1.54) is 12.1 Å². The topological polar surface area (TPSA) is 51.7 Å². The first-order valence-electron chi connectivity index (χ1n) is 9.47. The lowest BCUT2D eigenvalue weighted by Gasteiger charge is -2.18. The van der Waals surface area contributed by atoms with Crippen molar-refractivity contribution in [2.75, 3.05) is 25.2 Å². The van der Waals surface area contributed by atoms with Gasteiger partial charge in [-0.15, -0.1) is 0 Å². The number of rotatable bonds is 9. The zero-order valence-corrected chi connectivity index (χ0v) is 16.1. The molecule has 1 aromatic carbocycles. The highest BCUT2D eigenvalue weighted by atomic mass is 19.1. The molecule has 150 valence electrons. The van der Waals surface area contributed by atoms with Crippen molar-refractivity contribution in [1.29, 1.82) is 0 Å². The summed E-state index contributed by atoms with van der Waals surface area (Å²) in [5, 5.41) is 0. The summed E-state index contributed by atoms with van der Waals surface area (Å²) in [6, 6.07) is 8.35. The first-order valence-corrected chi connectivity index (χ1v) is 9.47. The van der Waals surface area contributed by atoms with E-state index >= 15 is 0 Å². The molecular weight excluding hydrogens is 366 g/mol. The van der Waals surface area contributed by atoms with Gasteiger partial charge in [0.25, 0.3) is 0 Å². The molecular formula is C21H24F2N2O3. The maximum Gasteiger partial charge on any atom is 0.305 e. The molecule has 5 nitrogen and oxygen atoms in total. The Morgan fingerprint density at radius 1 is 1.25 bits per heavy atom. The van der Waals surface area contributed by atoms with Crippen LogP contribution in [0.4, 0.5) is 14.6 Å². The summed E-state index contributed by atoms with van der Waals surface area (Å²) in [7, 11) is 1.97. The van der Waals surface area contributed by atoms with Crippen LogP contribution >= 0.6 is 0 Å². The highest BCUT2D eigenvalue weighted by molar-refractivity contribution is 5.69. The molecule has 1 saturated carbocycles. The average Bonchev–Trinajstić information content (AvgIpc) is 3.51. The van der Waals surface area contributed by atoms with Crippen LogP contribution in [0.3, 0.4) is 0 Å². The average molecular weight is 390 g/mol. The van der Waals surface area contributed by atoms with Gasteiger partial charge in [-0.1, -0.05) is 6.07 Å². The SMILES string of the molecule is CCOC(=O)CCCOc1c(F)cc(-c2cccc(N(C)C3CC3)n2)cc1F. The molecule has 0 saturated heterocycles. The number of pyridine rings is 1. The van der Waals surface area contributed by atoms with Gasteiger partial charge >= 0.3 is 5.97 Å². The van der Waals surface area contributed by atoms with Crippen LogP contribution in [-0.2, 0) is 9.53 Å². The fraction of sp³-hybridized carbons (Fsp3) is 0.429. The molecule has 0 N–H and O–H groups in total. The van der Waals surface area contributed by atoms with Crippen molar-refractivity contribution in [2.45, 2.75) is 38.6 Å². The van der Waals surface area contributed by atoms with Crippen molar-refractivity contribution in [1.82, 2.24) is 4.98 Å². The number of halogens is 2. The van der Waals surface area contributed by atoms with E-state index in [9.17, 15) is 13.6 Å². The van der Waals surface area contributed by atoms with Crippen LogP contribution in [0.25, 0.3) is 11.3 Å². The molecule has 28 heavy (non-hydrogen) atoms. The number of hydrogen-bond acceptors (Lipinski definition) is 5. The Labute approximate surface area is 163 Å². The number of anilines is 1. The molecule has 1 aliphatic carbocycles. The number of benzene rings is 1. The highest BCUT2D eigenvalue weighted by Crippen LogP contribution is 2.32. The summed E-state index contributed by atoms with van der Waals surface area (Å²) in [6.45, 7) is 2.04. The number of esters is 1. The van der Waals surface area contributed by atoms with Gasteiger partial charge in [0, 0.05) is 25.1 Å². The summed E-state index contributed by atoms with van der Waals surface area (Å²) in [6.07, 6.45) is 2.72. The van der Waals surface area contributed by atoms with Gasteiger partial charge in [0.15, 0.2) is 17.4 Å². The molecule has 0 amide bonds. The molecule has 7 heteroatoms. The van der Waals surface area contributed by atoms with Crippen LogP contribution in [0, 0.1) is 11.6 Å². The zero-order valence-electron chi connectivity index (χ0n) is 16.1. The van der Waals surface area contributed by atoms with Gasteiger partial charge in [-0.05, 0) is 50.5 Å². The molecule has 1 heterocycles. The van der Waals surface area contributed by atoms with Gasteiger partial charge < -0.3 is 14.4 Å². The van der Waals surface area contributed by atoms with E-state index in [0.29, 0.717) is 30.3 Å². The fourth-order valence-corrected chi connectivity index (χ4v) is 2.90. The van der Waals surface area contributed by atoms with Crippen molar-refractivity contribution in [3.63, 3.8) is 0 Å². The Balaban J connectivity index is 1.68. The summed E-state index contributed by atoms with van der Waals surface area (Å²) in [4.78, 5) is 17.9. The monoisotopic (exact) mass is 390 g/mol. The summed E-state index contributed by atoms with van der Waals surface area (Å²) >= 11 is 0. The zero-order chi connectivity index (χ0) is 20.1. The summed E-state index contributed by atoms with van der Waals surface area (Å²) in [5.41, 5.74) is 0.844. The van der Waals surface area contributed by atoms with E-state index in [1.807, 2.05) is 19.2 Å². The van der Waals surface area contributed by atoms with Crippen LogP contribution in [0.1, 0.15) is 32.6 Å². The van der Waals surface area contributed by atoms with Crippen LogP contribution in [-0.4, -0.2) is 37.3 Å². The first kappa shape index (κ1) is 20.0. The second-order valence-electron chi connectivity index (χ2n) is 6.75. The van der Waals surface area contributed by atoms with Crippen molar-refractivity contribution < 1.29 is 23.0 Å². The molecule has 0 spiro atoms. The standard InChI is InChI=1S/C21H24F2N2O3/c1-3-27-20(26)8-5-11-28-21-16(22)12-14(13-17(21)23)18-6-4-7-19(24-18)25(2)15-9-10-15/h4,6-7,12-13,15H,3,5,8-11H2,1-2H3. The normalized spacial score (nSPS) is 13.3. The van der Waals surface area contributed by atoms with Gasteiger partial charge in [0.2, 0.25) is 0 Å². The molecule has 0 atom stereocenters. The minimum Gasteiger partial charge on any atom is -0.488 e. The van der Waals surface area contributed by atoms with Gasteiger partial charge in [-0.3, -0.25) is 4.79 Å². The second-order valence-corrected chi connectivity index (χ2v) is 6.75. The Morgan fingerprint density at radius 2 is 1.96 bits per heavy atom. The quantitative estimate of drug-likeness (QED) is 0.471. The summed E-state index contributed by atoms with van der Waals surface area (Å²) in [5.74, 6) is -1.62. The van der Waals surface area contributed by atoms with Crippen molar-refractivity contribution >= 4 is 11.8 Å². The Morgan fingerprint density at radius 3 is 2.61 bits per heavy atom. The second kappa shape index (κ2) is 8.99. The third-order valence-electron chi connectivity index (χ3n) is 4.56. The first-order chi connectivity index (χ1) is 13.5. The number of aromatic nitrogens is 1. The fourth-order valence-electron chi connectivity index (χ4n) is 2.90. The number of carbonyl (C=O) groups is 1. The van der Waals surface area contributed by atoms with Crippen molar-refractivity contribution in [3.8, 4) is 17.0 Å². The number of nitrogens with zero attached hydrogens (tertiary/aromatic N) is 2. The number of carbonyl (C=O) groups excluding carboxylic acids is 1. The van der Waals surface area contributed by atoms with E-state index in [0.717, 1.165) is 18.7 Å². The van der Waals surface area contributed by atoms with E-state index in [2.05, 4.69) is 9.88 Å². The minimum atomic E-state index is -0.797. The molecule has 0 aliphatic heterocycles. The molecule has 1 fully saturated rings. The number of ether oxygens (including phenoxy) is 2. The molecule has 1 aliphatic rings. The third-order valence-corrected chi connectivity index (χ3v) is 4.56. The van der Waals surface area contributed by atoms with Crippen molar-refractivity contribution in [3.05, 3.63) is 42.0 Å². The lowest BCUT2D eigenvalue weighted by Crippen LogP contribution is -2.20.